The number of nitrogens with one attached hydrogen (secondary N) is 4. The van der Waals surface area contributed by atoms with Gasteiger partial charge in [-0.3, -0.25) is 34.0 Å². The average Bonchev–Trinajstić information content (AvgIpc) is 3.13. The molecule has 0 aliphatic rings. The highest BCUT2D eigenvalue weighted by molar-refractivity contribution is 5.95. The van der Waals surface area contributed by atoms with Gasteiger partial charge in [-0.2, -0.15) is 0 Å². The van der Waals surface area contributed by atoms with Gasteiger partial charge in [0.2, 0.25) is 23.6 Å². The van der Waals surface area contributed by atoms with Crippen LogP contribution >= 0.6 is 0 Å². The minimum absolute atomic E-state index is 0.000905. The van der Waals surface area contributed by atoms with Gasteiger partial charge in [0.25, 0.3) is 0 Å². The molecule has 18 nitrogen and oxygen atoms in total. The number of aromatic hydroxyl groups is 1. The Labute approximate surface area is 312 Å². The van der Waals surface area contributed by atoms with Crippen molar-refractivity contribution >= 4 is 52.3 Å². The van der Waals surface area contributed by atoms with Crippen molar-refractivity contribution in [3.8, 4) is 5.75 Å². The van der Waals surface area contributed by atoms with Crippen molar-refractivity contribution in [3.05, 3.63) is 77.9 Å². The Morgan fingerprint density at radius 3 is 1.70 bits per heavy atom. The molecule has 0 saturated heterocycles. The van der Waals surface area contributed by atoms with E-state index in [1.54, 1.807) is 18.2 Å². The molecule has 0 radical (unpaired) electrons. The van der Waals surface area contributed by atoms with Crippen LogP contribution in [0.5, 0.6) is 5.75 Å². The van der Waals surface area contributed by atoms with E-state index in [9.17, 15) is 34.2 Å². The fourth-order valence-corrected chi connectivity index (χ4v) is 5.44. The number of nitrogens with zero attached hydrogens (tertiary/aromatic N) is 2. The number of fused-ring (bicyclic) bond motifs is 1. The molecule has 3 aromatic carbocycles. The number of aliphatic carboxylic acids is 1. The van der Waals surface area contributed by atoms with Crippen LogP contribution in [0.15, 0.2) is 76.7 Å². The number of amides is 4. The van der Waals surface area contributed by atoms with Gasteiger partial charge in [-0.1, -0.05) is 54.6 Å². The summed E-state index contributed by atoms with van der Waals surface area (Å²) >= 11 is 0. The molecule has 0 aliphatic heterocycles. The van der Waals surface area contributed by atoms with Crippen LogP contribution in [-0.2, 0) is 36.8 Å². The Kier molecular flexibility index (Phi) is 16.5. The van der Waals surface area contributed by atoms with E-state index in [-0.39, 0.29) is 69.3 Å². The predicted molar refractivity (Wildman–Crippen MR) is 204 cm³/mol. The molecule has 0 fully saturated rings. The standard InChI is InChI=1S/C36H49N11O7/c37-26(18-21-10-13-25(48)14-11-21)31(51)45-27(7-3-15-42-35(38)39)33(53)46-28(8-4-16-43-36(40)41)34(54)47-29(32(52)44-20-30(49)50)19-22-9-12-23-5-1-2-6-24(23)17-22/h1-2,5-6,9-14,17,26-29,48H,3-4,7-8,15-16,18-20,37H2,(H,44,52)(H,45,51)(H,46,53)(H,47,54)(H,49,50)(H4,38,39,42)(H4,40,41,43)/t26-,27+,28+,29+/m1/s1. The maximum absolute atomic E-state index is 13.9. The van der Waals surface area contributed by atoms with E-state index in [1.807, 2.05) is 36.4 Å². The first-order valence-corrected chi connectivity index (χ1v) is 17.2. The third-order valence-corrected chi connectivity index (χ3v) is 8.19. The summed E-state index contributed by atoms with van der Waals surface area (Å²) in [5, 5.41) is 30.9. The second kappa shape index (κ2) is 21.2. The molecule has 4 atom stereocenters. The van der Waals surface area contributed by atoms with Crippen LogP contribution in [0.2, 0.25) is 0 Å². The van der Waals surface area contributed by atoms with E-state index >= 15 is 0 Å². The molecule has 0 unspecified atom stereocenters. The lowest BCUT2D eigenvalue weighted by Gasteiger charge is -2.26. The lowest BCUT2D eigenvalue weighted by atomic mass is 10.0. The van der Waals surface area contributed by atoms with E-state index in [1.165, 1.54) is 12.1 Å². The molecule has 0 aliphatic carbocycles. The topological polar surface area (TPSA) is 329 Å². The van der Waals surface area contributed by atoms with Gasteiger partial charge in [-0.15, -0.1) is 0 Å². The Bertz CT molecular complexity index is 1810. The summed E-state index contributed by atoms with van der Waals surface area (Å²) in [6.45, 7) is -0.421. The third kappa shape index (κ3) is 14.7. The largest absolute Gasteiger partial charge is 0.508 e. The molecule has 0 spiro atoms. The molecule has 4 amide bonds. The van der Waals surface area contributed by atoms with Gasteiger partial charge in [0.05, 0.1) is 6.04 Å². The van der Waals surface area contributed by atoms with Crippen LogP contribution in [0, 0.1) is 0 Å². The van der Waals surface area contributed by atoms with Crippen LogP contribution in [0.1, 0.15) is 36.8 Å². The molecule has 3 aromatic rings. The minimum atomic E-state index is -1.28. The summed E-state index contributed by atoms with van der Waals surface area (Å²) in [5.41, 5.74) is 29.3. The van der Waals surface area contributed by atoms with Crippen LogP contribution in [-0.4, -0.2) is 95.5 Å². The third-order valence-electron chi connectivity index (χ3n) is 8.19. The normalized spacial score (nSPS) is 13.0. The molecule has 18 heteroatoms. The summed E-state index contributed by atoms with van der Waals surface area (Å²) in [6.07, 6.45) is 0.678. The SMILES string of the molecule is NC(N)=NCCC[C@H](NC(=O)[C@H](N)Cc1ccc(O)cc1)C(=O)N[C@@H](CCCN=C(N)N)C(=O)N[C@@H](Cc1ccc2ccccc2c1)C(=O)NCC(=O)O. The van der Waals surface area contributed by atoms with Crippen LogP contribution < -0.4 is 49.9 Å². The molecule has 16 N–H and O–H groups in total. The first-order chi connectivity index (χ1) is 25.7. The number of aliphatic imine (C=N–C) groups is 2. The van der Waals surface area contributed by atoms with Crippen molar-refractivity contribution in [2.24, 2.45) is 38.7 Å². The van der Waals surface area contributed by atoms with Gasteiger partial charge < -0.3 is 60.1 Å². The van der Waals surface area contributed by atoms with Gasteiger partial charge in [-0.05, 0) is 66.1 Å². The number of phenols is 1. The van der Waals surface area contributed by atoms with Crippen molar-refractivity contribution in [1.29, 1.82) is 0 Å². The number of guanidine groups is 2. The van der Waals surface area contributed by atoms with Crippen molar-refractivity contribution in [2.45, 2.75) is 62.7 Å². The van der Waals surface area contributed by atoms with E-state index in [4.69, 9.17) is 28.7 Å². The second-order valence-electron chi connectivity index (χ2n) is 12.6. The number of carbonyl (C=O) groups excluding carboxylic acids is 4. The van der Waals surface area contributed by atoms with Gasteiger partial charge in [0.1, 0.15) is 30.4 Å². The predicted octanol–water partition coefficient (Wildman–Crippen LogP) is -1.58. The molecular weight excluding hydrogens is 698 g/mol. The number of carbonyl (C=O) groups is 5. The number of hydrogen-bond acceptors (Lipinski definition) is 9. The smallest absolute Gasteiger partial charge is 0.322 e. The van der Waals surface area contributed by atoms with Crippen LogP contribution in [0.25, 0.3) is 10.8 Å². The minimum Gasteiger partial charge on any atom is -0.508 e. The van der Waals surface area contributed by atoms with E-state index in [0.717, 1.165) is 10.8 Å². The highest BCUT2D eigenvalue weighted by Gasteiger charge is 2.30. The monoisotopic (exact) mass is 747 g/mol. The van der Waals surface area contributed by atoms with Crippen molar-refractivity contribution in [1.82, 2.24) is 21.3 Å². The summed E-state index contributed by atoms with van der Waals surface area (Å²) in [4.78, 5) is 73.3. The molecule has 0 saturated carbocycles. The number of rotatable bonds is 21. The van der Waals surface area contributed by atoms with E-state index < -0.39 is 60.3 Å². The number of carboxylic acid groups (broad SMARTS) is 1. The maximum atomic E-state index is 13.9. The summed E-state index contributed by atoms with van der Waals surface area (Å²) < 4.78 is 0. The van der Waals surface area contributed by atoms with Crippen molar-refractivity contribution in [3.63, 3.8) is 0 Å². The number of benzene rings is 3. The fourth-order valence-electron chi connectivity index (χ4n) is 5.44. The van der Waals surface area contributed by atoms with Crippen LogP contribution in [0.3, 0.4) is 0 Å². The Balaban J connectivity index is 1.84. The quantitative estimate of drug-likeness (QED) is 0.0334. The average molecular weight is 748 g/mol. The Morgan fingerprint density at radius 2 is 1.15 bits per heavy atom. The highest BCUT2D eigenvalue weighted by Crippen LogP contribution is 2.17. The second-order valence-corrected chi connectivity index (χ2v) is 12.6. The zero-order chi connectivity index (χ0) is 39.6. The summed E-state index contributed by atoms with van der Waals surface area (Å²) in [7, 11) is 0. The molecule has 290 valence electrons. The lowest BCUT2D eigenvalue weighted by Crippen LogP contribution is -2.58. The van der Waals surface area contributed by atoms with Gasteiger partial charge in [-0.25, -0.2) is 0 Å². The molecular formula is C36H49N11O7. The Hall–Kier alpha value is -6.43. The molecule has 0 aromatic heterocycles. The van der Waals surface area contributed by atoms with Gasteiger partial charge in [0.15, 0.2) is 11.9 Å². The lowest BCUT2D eigenvalue weighted by molar-refractivity contribution is -0.138. The molecule has 0 heterocycles. The van der Waals surface area contributed by atoms with Crippen LogP contribution in [0.4, 0.5) is 0 Å². The van der Waals surface area contributed by atoms with Crippen molar-refractivity contribution < 1.29 is 34.2 Å². The fraction of sp³-hybridized carbons (Fsp3) is 0.361. The Morgan fingerprint density at radius 1 is 0.630 bits per heavy atom. The zero-order valence-corrected chi connectivity index (χ0v) is 29.7. The molecule has 3 rings (SSSR count). The van der Waals surface area contributed by atoms with E-state index in [2.05, 4.69) is 31.3 Å². The molecule has 54 heavy (non-hydrogen) atoms. The summed E-state index contributed by atoms with van der Waals surface area (Å²) in [5.74, 6) is -4.43. The highest BCUT2D eigenvalue weighted by atomic mass is 16.4. The maximum Gasteiger partial charge on any atom is 0.322 e. The summed E-state index contributed by atoms with van der Waals surface area (Å²) in [6, 6.07) is 14.5. The first-order valence-electron chi connectivity index (χ1n) is 17.2. The number of carboxylic acids is 1. The number of phenolic OH excluding ortho intramolecular Hbond substituents is 1. The molecule has 0 bridgehead atoms. The zero-order valence-electron chi connectivity index (χ0n) is 29.7. The number of nitrogens with two attached hydrogens (primary N) is 5. The first kappa shape index (κ1) is 42.0. The number of hydrogen-bond donors (Lipinski definition) is 11. The van der Waals surface area contributed by atoms with E-state index in [0.29, 0.717) is 11.1 Å². The van der Waals surface area contributed by atoms with Gasteiger partial charge in [0, 0.05) is 19.5 Å². The van der Waals surface area contributed by atoms with Crippen molar-refractivity contribution in [2.75, 3.05) is 19.6 Å². The van der Waals surface area contributed by atoms with Gasteiger partial charge >= 0.3 is 5.97 Å².